The lowest BCUT2D eigenvalue weighted by molar-refractivity contribution is 0.299. The molecular weight excluding hydrogens is 374 g/mol. The summed E-state index contributed by atoms with van der Waals surface area (Å²) in [4.78, 5) is 0. The molecule has 0 unspecified atom stereocenters. The van der Waals surface area contributed by atoms with Crippen molar-refractivity contribution in [1.82, 2.24) is 4.57 Å². The molecule has 5 heteroatoms. The van der Waals surface area contributed by atoms with Crippen LogP contribution in [0.4, 0.5) is 5.69 Å². The Morgan fingerprint density at radius 1 is 1.10 bits per heavy atom. The lowest BCUT2D eigenvalue weighted by Crippen LogP contribution is -2.01. The fourth-order valence-electron chi connectivity index (χ4n) is 3.90. The minimum absolute atomic E-state index is 0.0408. The van der Waals surface area contributed by atoms with Gasteiger partial charge in [0.1, 0.15) is 5.75 Å². The fourth-order valence-corrected chi connectivity index (χ4v) is 3.90. The summed E-state index contributed by atoms with van der Waals surface area (Å²) < 4.78 is 7.48. The van der Waals surface area contributed by atoms with Crippen molar-refractivity contribution in [3.05, 3.63) is 77.5 Å². The van der Waals surface area contributed by atoms with E-state index in [4.69, 9.17) is 10.5 Å². The molecule has 0 atom stereocenters. The molecule has 0 bridgehead atoms. The van der Waals surface area contributed by atoms with Gasteiger partial charge in [-0.15, -0.1) is 0 Å². The molecule has 150 valence electrons. The maximum atomic E-state index is 9.59. The van der Waals surface area contributed by atoms with E-state index in [1.165, 1.54) is 0 Å². The summed E-state index contributed by atoms with van der Waals surface area (Å²) in [5, 5.41) is 20.0. The van der Waals surface area contributed by atoms with Gasteiger partial charge < -0.3 is 20.1 Å². The van der Waals surface area contributed by atoms with Crippen molar-refractivity contribution in [3.8, 4) is 28.6 Å². The van der Waals surface area contributed by atoms with E-state index in [0.717, 1.165) is 50.3 Å². The lowest BCUT2D eigenvalue weighted by atomic mass is 9.98. The number of nitriles is 1. The van der Waals surface area contributed by atoms with Gasteiger partial charge in [-0.2, -0.15) is 5.26 Å². The number of methoxy groups -OCH3 is 1. The molecule has 0 saturated carbocycles. The Morgan fingerprint density at radius 3 is 2.67 bits per heavy atom. The van der Waals surface area contributed by atoms with E-state index in [-0.39, 0.29) is 6.61 Å². The number of hydrogen-bond acceptors (Lipinski definition) is 4. The molecule has 0 amide bonds. The van der Waals surface area contributed by atoms with Gasteiger partial charge in [0.05, 0.1) is 24.3 Å². The number of hydrogen-bond donors (Lipinski definition) is 2. The molecule has 1 aromatic heterocycles. The van der Waals surface area contributed by atoms with Crippen LogP contribution in [0, 0.1) is 18.3 Å². The summed E-state index contributed by atoms with van der Waals surface area (Å²) >= 11 is 0. The number of aliphatic hydroxyl groups is 1. The summed E-state index contributed by atoms with van der Waals surface area (Å²) in [7, 11) is 1.63. The Balaban J connectivity index is 2.04. The van der Waals surface area contributed by atoms with Crippen LogP contribution in [0.15, 0.2) is 60.8 Å². The van der Waals surface area contributed by atoms with E-state index in [2.05, 4.69) is 16.8 Å². The number of nitrogen functional groups attached to an aromatic ring is 1. The molecule has 5 nitrogen and oxygen atoms in total. The first kappa shape index (κ1) is 19.6. The predicted molar refractivity (Wildman–Crippen MR) is 120 cm³/mol. The monoisotopic (exact) mass is 397 g/mol. The highest BCUT2D eigenvalue weighted by atomic mass is 16.5. The van der Waals surface area contributed by atoms with Gasteiger partial charge in [0, 0.05) is 35.1 Å². The zero-order valence-corrected chi connectivity index (χ0v) is 17.0. The lowest BCUT2D eigenvalue weighted by Gasteiger charge is -2.13. The van der Waals surface area contributed by atoms with Crippen LogP contribution < -0.4 is 10.5 Å². The quantitative estimate of drug-likeness (QED) is 0.482. The van der Waals surface area contributed by atoms with Crippen LogP contribution in [0.1, 0.15) is 16.7 Å². The van der Waals surface area contributed by atoms with Crippen LogP contribution >= 0.6 is 0 Å². The number of nitrogens with two attached hydrogens (primary N) is 1. The number of rotatable bonds is 5. The first-order valence-electron chi connectivity index (χ1n) is 9.76. The van der Waals surface area contributed by atoms with Crippen molar-refractivity contribution < 1.29 is 9.84 Å². The van der Waals surface area contributed by atoms with E-state index in [0.29, 0.717) is 12.0 Å². The minimum Gasteiger partial charge on any atom is -0.497 e. The highest BCUT2D eigenvalue weighted by Crippen LogP contribution is 2.37. The molecule has 4 rings (SSSR count). The molecule has 0 radical (unpaired) electrons. The largest absolute Gasteiger partial charge is 0.497 e. The highest BCUT2D eigenvalue weighted by Gasteiger charge is 2.17. The second kappa shape index (κ2) is 7.94. The number of benzene rings is 3. The van der Waals surface area contributed by atoms with Crippen LogP contribution in [0.2, 0.25) is 0 Å². The van der Waals surface area contributed by atoms with E-state index in [1.54, 1.807) is 7.11 Å². The second-order valence-corrected chi connectivity index (χ2v) is 7.24. The number of nitrogens with zero attached hydrogens (tertiary/aromatic N) is 2. The number of ether oxygens (including phenoxy) is 1. The van der Waals surface area contributed by atoms with Crippen LogP contribution in [0.5, 0.6) is 5.75 Å². The zero-order valence-electron chi connectivity index (χ0n) is 17.0. The molecule has 30 heavy (non-hydrogen) atoms. The van der Waals surface area contributed by atoms with E-state index in [9.17, 15) is 10.4 Å². The van der Waals surface area contributed by atoms with Gasteiger partial charge in [0.25, 0.3) is 0 Å². The SMILES string of the molecule is COc1ccc(-n2cc(-c3cccc(N)c3C)c3cc(C#N)ccc32)c(CCO)c1. The topological polar surface area (TPSA) is 84.2 Å². The number of aromatic nitrogens is 1. The molecule has 0 aliphatic carbocycles. The third kappa shape index (κ3) is 3.28. The number of fused-ring (bicyclic) bond motifs is 1. The summed E-state index contributed by atoms with van der Waals surface area (Å²) in [6.45, 7) is 2.05. The standard InChI is InChI=1S/C25H23N3O2/c1-16-20(4-3-5-23(16)27)22-15-28(25-8-6-17(14-26)12-21(22)25)24-9-7-19(30-2)13-18(24)10-11-29/h3-9,12-13,15,29H,10-11,27H2,1-2H3. The summed E-state index contributed by atoms with van der Waals surface area (Å²) in [5.41, 5.74) is 13.5. The molecule has 3 aromatic carbocycles. The fraction of sp³-hybridized carbons (Fsp3) is 0.160. The molecule has 1 heterocycles. The van der Waals surface area contributed by atoms with Crippen LogP contribution in [-0.2, 0) is 6.42 Å². The molecule has 0 aliphatic rings. The third-order valence-electron chi connectivity index (χ3n) is 5.53. The van der Waals surface area contributed by atoms with E-state index in [1.807, 2.05) is 61.5 Å². The molecule has 0 saturated heterocycles. The van der Waals surface area contributed by atoms with Crippen LogP contribution in [-0.4, -0.2) is 23.4 Å². The Bertz CT molecular complexity index is 1280. The normalized spacial score (nSPS) is 10.9. The van der Waals surface area contributed by atoms with Crippen molar-refractivity contribution in [2.24, 2.45) is 0 Å². The van der Waals surface area contributed by atoms with Crippen molar-refractivity contribution in [1.29, 1.82) is 5.26 Å². The maximum absolute atomic E-state index is 9.59. The van der Waals surface area contributed by atoms with Crippen LogP contribution in [0.3, 0.4) is 0 Å². The predicted octanol–water partition coefficient (Wildman–Crippen LogP) is 4.60. The summed E-state index contributed by atoms with van der Waals surface area (Å²) in [5.74, 6) is 0.748. The van der Waals surface area contributed by atoms with Crippen LogP contribution in [0.25, 0.3) is 27.7 Å². The van der Waals surface area contributed by atoms with Crippen molar-refractivity contribution in [3.63, 3.8) is 0 Å². The molecule has 3 N–H and O–H groups in total. The Kier molecular flexibility index (Phi) is 5.18. The Hall–Kier alpha value is -3.75. The van der Waals surface area contributed by atoms with Gasteiger partial charge >= 0.3 is 0 Å². The minimum atomic E-state index is 0.0408. The van der Waals surface area contributed by atoms with Crippen molar-refractivity contribution in [2.45, 2.75) is 13.3 Å². The van der Waals surface area contributed by atoms with Gasteiger partial charge in [-0.05, 0) is 72.5 Å². The second-order valence-electron chi connectivity index (χ2n) is 7.24. The molecule has 0 aliphatic heterocycles. The van der Waals surface area contributed by atoms with Crippen molar-refractivity contribution >= 4 is 16.6 Å². The number of aliphatic hydroxyl groups excluding tert-OH is 1. The van der Waals surface area contributed by atoms with Gasteiger partial charge in [-0.1, -0.05) is 12.1 Å². The third-order valence-corrected chi connectivity index (χ3v) is 5.53. The summed E-state index contributed by atoms with van der Waals surface area (Å²) in [6, 6.07) is 19.7. The van der Waals surface area contributed by atoms with Gasteiger partial charge in [-0.3, -0.25) is 0 Å². The van der Waals surface area contributed by atoms with Gasteiger partial charge in [0.15, 0.2) is 0 Å². The highest BCUT2D eigenvalue weighted by molar-refractivity contribution is 5.99. The number of anilines is 1. The Labute approximate surface area is 175 Å². The molecular formula is C25H23N3O2. The Morgan fingerprint density at radius 2 is 1.93 bits per heavy atom. The summed E-state index contributed by atoms with van der Waals surface area (Å²) in [6.07, 6.45) is 2.59. The molecule has 0 spiro atoms. The average molecular weight is 397 g/mol. The van der Waals surface area contributed by atoms with Gasteiger partial charge in [0.2, 0.25) is 0 Å². The smallest absolute Gasteiger partial charge is 0.119 e. The first-order chi connectivity index (χ1) is 14.6. The maximum Gasteiger partial charge on any atom is 0.119 e. The molecule has 0 fully saturated rings. The average Bonchev–Trinajstić information content (AvgIpc) is 3.14. The van der Waals surface area contributed by atoms with E-state index >= 15 is 0 Å². The zero-order chi connectivity index (χ0) is 21.3. The van der Waals surface area contributed by atoms with Gasteiger partial charge in [-0.25, -0.2) is 0 Å². The molecule has 4 aromatic rings. The van der Waals surface area contributed by atoms with E-state index < -0.39 is 0 Å². The van der Waals surface area contributed by atoms with Crippen molar-refractivity contribution in [2.75, 3.05) is 19.5 Å². The first-order valence-corrected chi connectivity index (χ1v) is 9.76.